The summed E-state index contributed by atoms with van der Waals surface area (Å²) >= 11 is 6.10. The summed E-state index contributed by atoms with van der Waals surface area (Å²) in [5, 5.41) is 5.43. The number of carbonyl (C=O) groups is 1. The number of halogens is 1. The zero-order valence-electron chi connectivity index (χ0n) is 17.1. The van der Waals surface area contributed by atoms with Gasteiger partial charge in [0.2, 0.25) is 11.7 Å². The monoisotopic (exact) mass is 401 g/mol. The van der Waals surface area contributed by atoms with Gasteiger partial charge in [-0.25, -0.2) is 0 Å². The third-order valence-corrected chi connectivity index (χ3v) is 6.75. The number of piperazine rings is 1. The van der Waals surface area contributed by atoms with Gasteiger partial charge in [0.1, 0.15) is 11.3 Å². The number of rotatable bonds is 3. The zero-order valence-corrected chi connectivity index (χ0v) is 17.9. The first-order valence-electron chi connectivity index (χ1n) is 10.5. The second-order valence-corrected chi connectivity index (χ2v) is 8.75. The number of amides is 1. The molecule has 1 aromatic carbocycles. The van der Waals surface area contributed by atoms with Crippen LogP contribution in [0.5, 0.6) is 0 Å². The highest BCUT2D eigenvalue weighted by molar-refractivity contribution is 6.30. The van der Waals surface area contributed by atoms with E-state index in [0.29, 0.717) is 5.02 Å². The molecule has 0 bridgehead atoms. The molecule has 2 aliphatic heterocycles. The van der Waals surface area contributed by atoms with Crippen LogP contribution in [0.1, 0.15) is 45.1 Å². The smallest absolute Gasteiger partial charge is 0.258 e. The van der Waals surface area contributed by atoms with Gasteiger partial charge in [0, 0.05) is 55.8 Å². The summed E-state index contributed by atoms with van der Waals surface area (Å²) in [6.07, 6.45) is 5.36. The Morgan fingerprint density at radius 3 is 2.46 bits per heavy atom. The quantitative estimate of drug-likeness (QED) is 0.699. The molecule has 1 amide bonds. The Kier molecular flexibility index (Phi) is 5.57. The summed E-state index contributed by atoms with van der Waals surface area (Å²) in [6.45, 7) is 9.67. The van der Waals surface area contributed by atoms with Crippen molar-refractivity contribution in [3.8, 4) is 0 Å². The lowest BCUT2D eigenvalue weighted by Gasteiger charge is -2.38. The van der Waals surface area contributed by atoms with Gasteiger partial charge in [-0.15, -0.1) is 0 Å². The fourth-order valence-electron chi connectivity index (χ4n) is 4.93. The van der Waals surface area contributed by atoms with Crippen LogP contribution >= 0.6 is 11.6 Å². The van der Waals surface area contributed by atoms with Gasteiger partial charge in [-0.2, -0.15) is 0 Å². The summed E-state index contributed by atoms with van der Waals surface area (Å²) in [7, 11) is 0. The molecule has 6 heteroatoms. The molecule has 150 valence electrons. The molecule has 5 nitrogen and oxygen atoms in total. The largest absolute Gasteiger partial charge is 0.336 e. The first-order chi connectivity index (χ1) is 13.5. The Morgan fingerprint density at radius 2 is 1.82 bits per heavy atom. The second-order valence-electron chi connectivity index (χ2n) is 8.32. The van der Waals surface area contributed by atoms with Crippen molar-refractivity contribution >= 4 is 23.2 Å². The normalized spacial score (nSPS) is 24.2. The molecule has 3 aliphatic rings. The van der Waals surface area contributed by atoms with Crippen molar-refractivity contribution < 1.29 is 9.49 Å². The molecular weight excluding hydrogens is 372 g/mol. The first-order valence-corrected chi connectivity index (χ1v) is 10.8. The van der Waals surface area contributed by atoms with E-state index in [1.54, 1.807) is 0 Å². The van der Waals surface area contributed by atoms with Gasteiger partial charge >= 0.3 is 0 Å². The SMILES string of the molecule is CC1=C(C(=O)N2CCN(C3CCCC3)CC2)C(C)[N+](c2ccc(Cl)cc2C)=N1. The van der Waals surface area contributed by atoms with E-state index in [0.717, 1.165) is 54.7 Å². The number of azo groups is 2. The third-order valence-electron chi connectivity index (χ3n) is 6.51. The standard InChI is InChI=1S/C22H30ClN4O/c1-15-14-18(23)8-9-20(15)27-17(3)21(16(2)24-27)22(28)26-12-10-25(11-13-26)19-6-4-5-7-19/h8-9,14,17,19H,4-7,10-13H2,1-3H3/q+1. The Morgan fingerprint density at radius 1 is 1.14 bits per heavy atom. The summed E-state index contributed by atoms with van der Waals surface area (Å²) in [5.74, 6) is 0.147. The lowest BCUT2D eigenvalue weighted by atomic mass is 10.0. The summed E-state index contributed by atoms with van der Waals surface area (Å²) in [4.78, 5) is 17.9. The van der Waals surface area contributed by atoms with E-state index >= 15 is 0 Å². The Balaban J connectivity index is 1.45. The van der Waals surface area contributed by atoms with Crippen LogP contribution in [-0.4, -0.2) is 58.7 Å². The van der Waals surface area contributed by atoms with Crippen LogP contribution in [0, 0.1) is 6.92 Å². The predicted molar refractivity (Wildman–Crippen MR) is 111 cm³/mol. The minimum atomic E-state index is -0.0692. The van der Waals surface area contributed by atoms with Crippen molar-refractivity contribution in [1.82, 2.24) is 9.80 Å². The molecule has 4 rings (SSSR count). The van der Waals surface area contributed by atoms with E-state index in [2.05, 4.69) is 11.8 Å². The average Bonchev–Trinajstić information content (AvgIpc) is 3.30. The molecule has 1 saturated carbocycles. The molecule has 2 fully saturated rings. The molecule has 28 heavy (non-hydrogen) atoms. The number of carbonyl (C=O) groups excluding carboxylic acids is 1. The number of benzene rings is 1. The van der Waals surface area contributed by atoms with Gasteiger partial charge in [-0.3, -0.25) is 9.69 Å². The summed E-state index contributed by atoms with van der Waals surface area (Å²) < 4.78 is 1.96. The Hall–Kier alpha value is -1.72. The van der Waals surface area contributed by atoms with E-state index in [9.17, 15) is 4.79 Å². The van der Waals surface area contributed by atoms with Crippen molar-refractivity contribution in [3.63, 3.8) is 0 Å². The van der Waals surface area contributed by atoms with Crippen LogP contribution in [-0.2, 0) is 4.79 Å². The van der Waals surface area contributed by atoms with Gasteiger partial charge in [0.05, 0.1) is 0 Å². The fourth-order valence-corrected chi connectivity index (χ4v) is 5.16. The molecule has 0 aromatic heterocycles. The van der Waals surface area contributed by atoms with E-state index < -0.39 is 0 Å². The maximum Gasteiger partial charge on any atom is 0.258 e. The van der Waals surface area contributed by atoms with Gasteiger partial charge in [-0.05, 0) is 43.9 Å². The Labute approximate surface area is 172 Å². The van der Waals surface area contributed by atoms with Crippen molar-refractivity contribution in [2.24, 2.45) is 5.11 Å². The minimum Gasteiger partial charge on any atom is -0.336 e. The van der Waals surface area contributed by atoms with Crippen LogP contribution in [0.15, 0.2) is 34.6 Å². The van der Waals surface area contributed by atoms with Crippen LogP contribution in [0.4, 0.5) is 5.69 Å². The first kappa shape index (κ1) is 19.6. The lowest BCUT2D eigenvalue weighted by Crippen LogP contribution is -2.52. The maximum absolute atomic E-state index is 13.3. The number of nitrogens with zero attached hydrogens (tertiary/aromatic N) is 4. The van der Waals surface area contributed by atoms with E-state index in [-0.39, 0.29) is 11.9 Å². The lowest BCUT2D eigenvalue weighted by molar-refractivity contribution is -0.528. The maximum atomic E-state index is 13.3. The number of allylic oxidation sites excluding steroid dienone is 1. The number of aryl methyl sites for hydroxylation is 1. The Bertz CT molecular complexity index is 833. The second kappa shape index (κ2) is 7.96. The molecule has 2 heterocycles. The van der Waals surface area contributed by atoms with Crippen molar-refractivity contribution in [2.45, 2.75) is 58.5 Å². The van der Waals surface area contributed by atoms with E-state index in [1.165, 1.54) is 25.7 Å². The van der Waals surface area contributed by atoms with Crippen molar-refractivity contribution in [1.29, 1.82) is 0 Å². The molecule has 0 spiro atoms. The molecule has 0 radical (unpaired) electrons. The molecule has 1 aliphatic carbocycles. The highest BCUT2D eigenvalue weighted by Gasteiger charge is 2.40. The van der Waals surface area contributed by atoms with Crippen LogP contribution in [0.2, 0.25) is 5.02 Å². The fraction of sp³-hybridized carbons (Fsp3) is 0.591. The third kappa shape index (κ3) is 3.62. The zero-order chi connectivity index (χ0) is 19.8. The number of hydrogen-bond donors (Lipinski definition) is 0. The highest BCUT2D eigenvalue weighted by atomic mass is 35.5. The molecule has 1 atom stereocenters. The van der Waals surface area contributed by atoms with Gasteiger partial charge in [0.25, 0.3) is 5.91 Å². The van der Waals surface area contributed by atoms with Crippen molar-refractivity contribution in [3.05, 3.63) is 40.1 Å². The van der Waals surface area contributed by atoms with Gasteiger partial charge in [0.15, 0.2) is 0 Å². The predicted octanol–water partition coefficient (Wildman–Crippen LogP) is 4.51. The minimum absolute atomic E-state index is 0.0692. The summed E-state index contributed by atoms with van der Waals surface area (Å²) in [6, 6.07) is 6.47. The van der Waals surface area contributed by atoms with Crippen LogP contribution in [0.3, 0.4) is 0 Å². The molecule has 1 aromatic rings. The van der Waals surface area contributed by atoms with Crippen LogP contribution in [0.25, 0.3) is 0 Å². The summed E-state index contributed by atoms with van der Waals surface area (Å²) in [5.41, 5.74) is 3.72. The van der Waals surface area contributed by atoms with E-state index in [4.69, 9.17) is 16.7 Å². The van der Waals surface area contributed by atoms with Gasteiger partial charge < -0.3 is 4.90 Å². The molecule has 0 N–H and O–H groups in total. The highest BCUT2D eigenvalue weighted by Crippen LogP contribution is 2.33. The van der Waals surface area contributed by atoms with Crippen molar-refractivity contribution in [2.75, 3.05) is 26.2 Å². The van der Waals surface area contributed by atoms with E-state index in [1.807, 2.05) is 41.6 Å². The van der Waals surface area contributed by atoms with Crippen LogP contribution < -0.4 is 0 Å². The average molecular weight is 402 g/mol. The number of hydrogen-bond acceptors (Lipinski definition) is 3. The topological polar surface area (TPSA) is 38.9 Å². The molecule has 1 saturated heterocycles. The molecule has 1 unspecified atom stereocenters. The molecular formula is C22H30ClN4O+. The van der Waals surface area contributed by atoms with Gasteiger partial charge in [-0.1, -0.05) is 29.1 Å².